The number of nitrogens with one attached hydrogen (secondary N) is 1. The second-order valence-electron chi connectivity index (χ2n) is 8.90. The van der Waals surface area contributed by atoms with E-state index in [0.717, 1.165) is 16.8 Å². The minimum Gasteiger partial charge on any atom is -0.495 e. The van der Waals surface area contributed by atoms with Crippen molar-refractivity contribution in [2.45, 2.75) is 32.8 Å². The van der Waals surface area contributed by atoms with Crippen LogP contribution in [0.3, 0.4) is 0 Å². The average Bonchev–Trinajstić information content (AvgIpc) is 2.92. The second-order valence-corrected chi connectivity index (χ2v) is 8.90. The molecule has 6 nitrogen and oxygen atoms in total. The summed E-state index contributed by atoms with van der Waals surface area (Å²) in [6.45, 7) is 3.08. The van der Waals surface area contributed by atoms with Crippen molar-refractivity contribution in [3.05, 3.63) is 88.7 Å². The van der Waals surface area contributed by atoms with Gasteiger partial charge in [-0.1, -0.05) is 25.1 Å². The van der Waals surface area contributed by atoms with Gasteiger partial charge in [-0.15, -0.1) is 0 Å². The van der Waals surface area contributed by atoms with Crippen LogP contribution in [0.25, 0.3) is 0 Å². The summed E-state index contributed by atoms with van der Waals surface area (Å²) in [5.41, 5.74) is 4.12. The van der Waals surface area contributed by atoms with Gasteiger partial charge in [-0.3, -0.25) is 9.59 Å². The molecule has 0 saturated carbocycles. The van der Waals surface area contributed by atoms with E-state index < -0.39 is 0 Å². The molecule has 1 heterocycles. The van der Waals surface area contributed by atoms with Crippen LogP contribution in [0.5, 0.6) is 5.75 Å². The van der Waals surface area contributed by atoms with Crippen molar-refractivity contribution in [1.29, 1.82) is 0 Å². The number of amides is 1. The zero-order chi connectivity index (χ0) is 25.7. The monoisotopic (exact) mass is 490 g/mol. The number of halogens is 1. The number of ketones is 1. The second kappa shape index (κ2) is 11.4. The molecule has 1 saturated heterocycles. The summed E-state index contributed by atoms with van der Waals surface area (Å²) in [5.74, 6) is -0.156. The van der Waals surface area contributed by atoms with Crippen molar-refractivity contribution in [3.63, 3.8) is 0 Å². The zero-order valence-corrected chi connectivity index (χ0v) is 20.6. The van der Waals surface area contributed by atoms with E-state index in [1.54, 1.807) is 31.4 Å². The summed E-state index contributed by atoms with van der Waals surface area (Å²) in [6.07, 6.45) is 1.88. The van der Waals surface area contributed by atoms with Crippen LogP contribution in [0.4, 0.5) is 15.8 Å². The van der Waals surface area contributed by atoms with E-state index >= 15 is 0 Å². The molecule has 0 aliphatic carbocycles. The highest BCUT2D eigenvalue weighted by molar-refractivity contribution is 6.07. The predicted molar refractivity (Wildman–Crippen MR) is 138 cm³/mol. The number of carbonyl (C=O) groups is 2. The maximum Gasteiger partial charge on any atom is 0.256 e. The number of ether oxygens (including phenoxy) is 1. The Morgan fingerprint density at radius 1 is 1.06 bits per heavy atom. The molecule has 0 atom stereocenters. The summed E-state index contributed by atoms with van der Waals surface area (Å²) in [6, 6.07) is 16.5. The van der Waals surface area contributed by atoms with Crippen molar-refractivity contribution >= 4 is 23.1 Å². The van der Waals surface area contributed by atoms with Crippen LogP contribution in [0.15, 0.2) is 60.7 Å². The van der Waals surface area contributed by atoms with Gasteiger partial charge < -0.3 is 20.1 Å². The molecule has 1 amide bonds. The molecule has 7 heteroatoms. The first-order chi connectivity index (χ1) is 17.5. The lowest BCUT2D eigenvalue weighted by molar-refractivity contribution is 0.0900. The van der Waals surface area contributed by atoms with Crippen LogP contribution < -0.4 is 15.0 Å². The maximum absolute atomic E-state index is 13.3. The molecule has 36 heavy (non-hydrogen) atoms. The van der Waals surface area contributed by atoms with Gasteiger partial charge in [-0.25, -0.2) is 4.39 Å². The maximum atomic E-state index is 13.3. The van der Waals surface area contributed by atoms with Gasteiger partial charge in [0, 0.05) is 41.4 Å². The molecule has 3 aromatic carbocycles. The molecule has 1 fully saturated rings. The fraction of sp³-hybridized carbons (Fsp3) is 0.310. The predicted octanol–water partition coefficient (Wildman–Crippen LogP) is 5.24. The Bertz CT molecular complexity index is 1230. The third kappa shape index (κ3) is 5.26. The van der Waals surface area contributed by atoms with Crippen molar-refractivity contribution in [1.82, 2.24) is 0 Å². The molecule has 3 aromatic rings. The highest BCUT2D eigenvalue weighted by Crippen LogP contribution is 2.34. The molecule has 4 rings (SSSR count). The Balaban J connectivity index is 1.56. The topological polar surface area (TPSA) is 78.9 Å². The molecule has 2 N–H and O–H groups in total. The number of benzene rings is 3. The standard InChI is InChI=1S/C29H31FN2O4/c1-3-23-24(29(35)31-25-6-4-5-7-26(25)36-2)13-10-21(18-33)27(23)32-16-14-20(15-17-32)28(34)19-8-11-22(30)12-9-19/h4-13,20,33H,3,14-18H2,1-2H3,(H,31,35). The van der Waals surface area contributed by atoms with E-state index in [0.29, 0.717) is 54.9 Å². The first kappa shape index (κ1) is 25.4. The van der Waals surface area contributed by atoms with Crippen molar-refractivity contribution in [3.8, 4) is 5.75 Å². The number of carbonyl (C=O) groups excluding carboxylic acids is 2. The van der Waals surface area contributed by atoms with Crippen LogP contribution in [0.2, 0.25) is 0 Å². The minimum absolute atomic E-state index is 0.0256. The molecule has 0 spiro atoms. The lowest BCUT2D eigenvalue weighted by Gasteiger charge is -2.36. The van der Waals surface area contributed by atoms with Gasteiger partial charge in [0.1, 0.15) is 11.6 Å². The first-order valence-electron chi connectivity index (χ1n) is 12.2. The lowest BCUT2D eigenvalue weighted by atomic mass is 9.87. The van der Waals surface area contributed by atoms with Gasteiger partial charge in [0.2, 0.25) is 0 Å². The largest absolute Gasteiger partial charge is 0.495 e. The molecular weight excluding hydrogens is 459 g/mol. The number of methoxy groups -OCH3 is 1. The molecule has 1 aliphatic heterocycles. The number of hydrogen-bond donors (Lipinski definition) is 2. The normalized spacial score (nSPS) is 13.9. The Hall–Kier alpha value is -3.71. The zero-order valence-electron chi connectivity index (χ0n) is 20.6. The van der Waals surface area contributed by atoms with E-state index in [1.807, 2.05) is 19.1 Å². The van der Waals surface area contributed by atoms with Gasteiger partial charge in [0.15, 0.2) is 5.78 Å². The van der Waals surface area contributed by atoms with Crippen LogP contribution in [-0.4, -0.2) is 37.0 Å². The highest BCUT2D eigenvalue weighted by atomic mass is 19.1. The van der Waals surface area contributed by atoms with Crippen molar-refractivity contribution in [2.24, 2.45) is 5.92 Å². The van der Waals surface area contributed by atoms with Crippen LogP contribution in [-0.2, 0) is 13.0 Å². The SMILES string of the molecule is CCc1c(C(=O)Nc2ccccc2OC)ccc(CO)c1N1CCC(C(=O)c2ccc(F)cc2)CC1. The van der Waals surface area contributed by atoms with Gasteiger partial charge in [-0.05, 0) is 67.3 Å². The average molecular weight is 491 g/mol. The van der Waals surface area contributed by atoms with Gasteiger partial charge in [0.05, 0.1) is 19.4 Å². The smallest absolute Gasteiger partial charge is 0.256 e. The molecule has 188 valence electrons. The third-order valence-corrected chi connectivity index (χ3v) is 6.80. The number of anilines is 2. The molecule has 1 aliphatic rings. The summed E-state index contributed by atoms with van der Waals surface area (Å²) in [7, 11) is 1.56. The number of nitrogens with zero attached hydrogens (tertiary/aromatic N) is 1. The van der Waals surface area contributed by atoms with Crippen LogP contribution >= 0.6 is 0 Å². The number of aliphatic hydroxyl groups excluding tert-OH is 1. The van der Waals surface area contributed by atoms with E-state index in [4.69, 9.17) is 4.74 Å². The first-order valence-corrected chi connectivity index (χ1v) is 12.2. The summed E-state index contributed by atoms with van der Waals surface area (Å²) in [5, 5.41) is 13.0. The van der Waals surface area contributed by atoms with Crippen LogP contribution in [0, 0.1) is 11.7 Å². The number of para-hydroxylation sites is 2. The Kier molecular flexibility index (Phi) is 8.00. The summed E-state index contributed by atoms with van der Waals surface area (Å²) >= 11 is 0. The number of hydrogen-bond acceptors (Lipinski definition) is 5. The van der Waals surface area contributed by atoms with E-state index in [-0.39, 0.29) is 30.0 Å². The van der Waals surface area contributed by atoms with Gasteiger partial charge >= 0.3 is 0 Å². The molecule has 0 bridgehead atoms. The van der Waals surface area contributed by atoms with Gasteiger partial charge in [-0.2, -0.15) is 0 Å². The van der Waals surface area contributed by atoms with Crippen molar-refractivity contribution in [2.75, 3.05) is 30.4 Å². The quantitative estimate of drug-likeness (QED) is 0.422. The summed E-state index contributed by atoms with van der Waals surface area (Å²) in [4.78, 5) is 28.4. The molecule has 0 aromatic heterocycles. The number of Topliss-reactive ketones (excluding diaryl/α,β-unsaturated/α-hetero) is 1. The minimum atomic E-state index is -0.361. The Labute approximate surface area is 210 Å². The highest BCUT2D eigenvalue weighted by Gasteiger charge is 2.29. The fourth-order valence-electron chi connectivity index (χ4n) is 4.93. The summed E-state index contributed by atoms with van der Waals surface area (Å²) < 4.78 is 18.6. The Morgan fingerprint density at radius 2 is 1.75 bits per heavy atom. The third-order valence-electron chi connectivity index (χ3n) is 6.80. The number of piperidine rings is 1. The fourth-order valence-corrected chi connectivity index (χ4v) is 4.93. The van der Waals surface area contributed by atoms with Crippen molar-refractivity contribution < 1.29 is 23.8 Å². The Morgan fingerprint density at radius 3 is 2.39 bits per heavy atom. The molecule has 0 unspecified atom stereocenters. The van der Waals surface area contributed by atoms with Crippen LogP contribution in [0.1, 0.15) is 51.6 Å². The number of aliphatic hydroxyl groups is 1. The van der Waals surface area contributed by atoms with Gasteiger partial charge in [0.25, 0.3) is 5.91 Å². The van der Waals surface area contributed by atoms with E-state index in [2.05, 4.69) is 10.2 Å². The number of rotatable bonds is 8. The lowest BCUT2D eigenvalue weighted by Crippen LogP contribution is -2.37. The van der Waals surface area contributed by atoms with E-state index in [9.17, 15) is 19.1 Å². The van der Waals surface area contributed by atoms with E-state index in [1.165, 1.54) is 24.3 Å². The molecule has 0 radical (unpaired) electrons. The molecular formula is C29H31FN2O4.